The first-order valence-electron chi connectivity index (χ1n) is 8.69. The third kappa shape index (κ3) is 6.43. The molecule has 8 heteroatoms. The number of hydrogen-bond acceptors (Lipinski definition) is 7. The maximum Gasteiger partial charge on any atom is 0.319 e. The number of hydrogen-bond donors (Lipinski definition) is 1. The van der Waals surface area contributed by atoms with E-state index in [1.54, 1.807) is 19.9 Å². The molecule has 0 amide bonds. The van der Waals surface area contributed by atoms with Gasteiger partial charge < -0.3 is 14.4 Å². The normalized spacial score (nSPS) is 22.3. The minimum absolute atomic E-state index is 0.0342. The van der Waals surface area contributed by atoms with E-state index in [0.29, 0.717) is 18.5 Å². The Hall–Kier alpha value is -1.34. The number of carbonyl (C=O) groups excluding carboxylic acids is 1. The summed E-state index contributed by atoms with van der Waals surface area (Å²) in [4.78, 5) is 24.3. The number of benzene rings is 1. The fourth-order valence-corrected chi connectivity index (χ4v) is 4.31. The zero-order chi connectivity index (χ0) is 18.8. The highest BCUT2D eigenvalue weighted by molar-refractivity contribution is 7.64. The van der Waals surface area contributed by atoms with Crippen LogP contribution in [-0.4, -0.2) is 45.0 Å². The Balaban J connectivity index is 1.85. The van der Waals surface area contributed by atoms with Crippen LogP contribution in [0.15, 0.2) is 41.7 Å². The van der Waals surface area contributed by atoms with Crippen LogP contribution in [0.25, 0.3) is 0 Å². The molecule has 26 heavy (non-hydrogen) atoms. The Kier molecular flexibility index (Phi) is 8.65. The van der Waals surface area contributed by atoms with Crippen LogP contribution >= 0.6 is 7.94 Å². The predicted molar refractivity (Wildman–Crippen MR) is 97.1 cm³/mol. The van der Waals surface area contributed by atoms with Crippen molar-refractivity contribution in [2.75, 3.05) is 32.9 Å². The highest BCUT2D eigenvalue weighted by Crippen LogP contribution is 2.64. The van der Waals surface area contributed by atoms with Crippen molar-refractivity contribution in [3.05, 3.63) is 47.3 Å². The number of nitrogens with one attached hydrogen (secondary N) is 1. The summed E-state index contributed by atoms with van der Waals surface area (Å²) >= 11 is 0. The summed E-state index contributed by atoms with van der Waals surface area (Å²) < 4.78 is 21.5. The molecule has 0 bridgehead atoms. The molecule has 2 atom stereocenters. The van der Waals surface area contributed by atoms with Gasteiger partial charge in [0.05, 0.1) is 39.5 Å². The summed E-state index contributed by atoms with van der Waals surface area (Å²) in [6.07, 6.45) is 1.30. The average Bonchev–Trinajstić information content (AvgIpc) is 2.92. The quantitative estimate of drug-likeness (QED) is 0.460. The van der Waals surface area contributed by atoms with E-state index in [-0.39, 0.29) is 32.3 Å². The summed E-state index contributed by atoms with van der Waals surface area (Å²) in [5.74, 6) is -0.360. The van der Waals surface area contributed by atoms with Gasteiger partial charge in [0.25, 0.3) is 7.94 Å². The van der Waals surface area contributed by atoms with Crippen molar-refractivity contribution in [3.8, 4) is 0 Å². The van der Waals surface area contributed by atoms with E-state index >= 15 is 0 Å². The van der Waals surface area contributed by atoms with Crippen molar-refractivity contribution >= 4 is 13.9 Å². The van der Waals surface area contributed by atoms with Gasteiger partial charge in [-0.15, -0.1) is 0 Å². The molecule has 0 saturated heterocycles. The largest absolute Gasteiger partial charge is 0.627 e. The van der Waals surface area contributed by atoms with Gasteiger partial charge in [-0.2, -0.15) is 4.52 Å². The van der Waals surface area contributed by atoms with E-state index in [9.17, 15) is 9.69 Å². The van der Waals surface area contributed by atoms with E-state index in [1.165, 1.54) is 0 Å². The Morgan fingerprint density at radius 3 is 2.73 bits per heavy atom. The second kappa shape index (κ2) is 10.7. The molecule has 1 heterocycles. The zero-order valence-corrected chi connectivity index (χ0v) is 16.1. The fourth-order valence-electron chi connectivity index (χ4n) is 2.47. The standard InChI is InChI=1S/C18H26NO6P/c1-3-23-18(20)12-19-11-17-10-16(25-26(17,21)24-4-2)14-22-13-15-8-6-5-7-9-15/h5-10,16,19H,3-4,11-14H2,1-2H3/t16-,26?/m0/s1. The van der Waals surface area contributed by atoms with Crippen LogP contribution in [0.4, 0.5) is 0 Å². The monoisotopic (exact) mass is 383 g/mol. The lowest BCUT2D eigenvalue weighted by Crippen LogP contribution is -2.28. The molecule has 7 nitrogen and oxygen atoms in total. The topological polar surface area (TPSA) is 89.1 Å². The van der Waals surface area contributed by atoms with E-state index < -0.39 is 14.0 Å². The molecule has 1 unspecified atom stereocenters. The van der Waals surface area contributed by atoms with E-state index in [4.69, 9.17) is 18.5 Å². The molecule has 0 aromatic heterocycles. The maximum absolute atomic E-state index is 12.9. The molecular formula is C18H26NO6P. The van der Waals surface area contributed by atoms with Crippen LogP contribution in [0, 0.1) is 0 Å². The molecule has 0 radical (unpaired) electrons. The van der Waals surface area contributed by atoms with E-state index in [1.807, 2.05) is 30.3 Å². The van der Waals surface area contributed by atoms with Crippen molar-refractivity contribution in [1.29, 1.82) is 0 Å². The number of esters is 1. The lowest BCUT2D eigenvalue weighted by Gasteiger charge is -2.25. The SMILES string of the molecule is CCOC(=O)CNCC1=C[C@@H](COCc2ccccc2)O[P+]1([O-])OCC. The molecule has 0 spiro atoms. The smallest absolute Gasteiger partial charge is 0.319 e. The first kappa shape index (κ1) is 21.0. The Labute approximate surface area is 154 Å². The lowest BCUT2D eigenvalue weighted by molar-refractivity contribution is -0.217. The van der Waals surface area contributed by atoms with Crippen molar-refractivity contribution in [3.63, 3.8) is 0 Å². The van der Waals surface area contributed by atoms with Crippen LogP contribution in [-0.2, 0) is 29.9 Å². The highest BCUT2D eigenvalue weighted by atomic mass is 31.2. The molecule has 1 aromatic rings. The second-order valence-corrected chi connectivity index (χ2v) is 7.66. The first-order valence-corrected chi connectivity index (χ1v) is 10.2. The van der Waals surface area contributed by atoms with Gasteiger partial charge in [0, 0.05) is 0 Å². The van der Waals surface area contributed by atoms with Crippen molar-refractivity contribution in [2.24, 2.45) is 0 Å². The third-order valence-corrected chi connectivity index (χ3v) is 5.73. The molecular weight excluding hydrogens is 357 g/mol. The average molecular weight is 383 g/mol. The maximum atomic E-state index is 12.9. The van der Waals surface area contributed by atoms with Gasteiger partial charge in [-0.1, -0.05) is 30.3 Å². The van der Waals surface area contributed by atoms with Crippen molar-refractivity contribution in [2.45, 2.75) is 26.6 Å². The summed E-state index contributed by atoms with van der Waals surface area (Å²) in [6, 6.07) is 9.78. The van der Waals surface area contributed by atoms with Gasteiger partial charge in [0.2, 0.25) is 0 Å². The molecule has 144 valence electrons. The van der Waals surface area contributed by atoms with Crippen molar-refractivity contribution < 1.29 is 28.2 Å². The third-order valence-electron chi connectivity index (χ3n) is 3.58. The molecule has 1 N–H and O–H groups in total. The van der Waals surface area contributed by atoms with Crippen LogP contribution in [0.1, 0.15) is 19.4 Å². The molecule has 0 aliphatic carbocycles. The zero-order valence-electron chi connectivity index (χ0n) is 15.2. The molecule has 1 aromatic carbocycles. The van der Waals surface area contributed by atoms with Crippen LogP contribution in [0.3, 0.4) is 0 Å². The Morgan fingerprint density at radius 2 is 2.04 bits per heavy atom. The fraction of sp³-hybridized carbons (Fsp3) is 0.500. The van der Waals surface area contributed by atoms with Gasteiger partial charge in [0.15, 0.2) is 6.10 Å². The second-order valence-electron chi connectivity index (χ2n) is 5.63. The summed E-state index contributed by atoms with van der Waals surface area (Å²) in [5.41, 5.74) is 1.05. The number of rotatable bonds is 11. The van der Waals surface area contributed by atoms with Gasteiger partial charge in [-0.3, -0.25) is 10.1 Å². The molecule has 1 aliphatic heterocycles. The summed E-state index contributed by atoms with van der Waals surface area (Å²) in [7, 11) is -3.36. The van der Waals surface area contributed by atoms with Gasteiger partial charge in [-0.05, 0) is 25.5 Å². The summed E-state index contributed by atoms with van der Waals surface area (Å²) in [5, 5.41) is 3.42. The lowest BCUT2D eigenvalue weighted by atomic mass is 10.2. The Bertz CT molecular complexity index is 597. The minimum Gasteiger partial charge on any atom is -0.627 e. The molecule has 2 rings (SSSR count). The highest BCUT2D eigenvalue weighted by Gasteiger charge is 2.44. The first-order chi connectivity index (χ1) is 12.6. The van der Waals surface area contributed by atoms with Gasteiger partial charge >= 0.3 is 5.97 Å². The van der Waals surface area contributed by atoms with Crippen LogP contribution in [0.5, 0.6) is 0 Å². The number of carbonyl (C=O) groups is 1. The molecule has 0 fully saturated rings. The van der Waals surface area contributed by atoms with E-state index in [0.717, 1.165) is 5.56 Å². The van der Waals surface area contributed by atoms with Crippen LogP contribution in [0.2, 0.25) is 0 Å². The molecule has 0 saturated carbocycles. The molecule has 1 aliphatic rings. The van der Waals surface area contributed by atoms with Gasteiger partial charge in [-0.25, -0.2) is 4.52 Å². The van der Waals surface area contributed by atoms with Gasteiger partial charge in [0.1, 0.15) is 5.31 Å². The predicted octanol–water partition coefficient (Wildman–Crippen LogP) is 1.80. The summed E-state index contributed by atoms with van der Waals surface area (Å²) in [6.45, 7) is 5.07. The van der Waals surface area contributed by atoms with E-state index in [2.05, 4.69) is 5.32 Å². The minimum atomic E-state index is -3.36. The Morgan fingerprint density at radius 1 is 1.27 bits per heavy atom. The van der Waals surface area contributed by atoms with Crippen LogP contribution < -0.4 is 10.2 Å². The van der Waals surface area contributed by atoms with Crippen molar-refractivity contribution in [1.82, 2.24) is 5.32 Å². The number of ether oxygens (including phenoxy) is 2.